The van der Waals surface area contributed by atoms with Gasteiger partial charge in [0.2, 0.25) is 5.91 Å². The van der Waals surface area contributed by atoms with Crippen LogP contribution in [0.2, 0.25) is 5.15 Å². The number of nitrogens with one attached hydrogen (secondary N) is 1. The number of carbonyl (C=O) groups excluding carboxylic acids is 1. The Morgan fingerprint density at radius 3 is 2.83 bits per heavy atom. The van der Waals surface area contributed by atoms with E-state index in [0.717, 1.165) is 12.1 Å². The largest absolute Gasteiger partial charge is 0.352 e. The molecule has 0 saturated heterocycles. The lowest BCUT2D eigenvalue weighted by Crippen LogP contribution is -2.23. The highest BCUT2D eigenvalue weighted by Gasteiger charge is 2.07. The molecule has 2 heterocycles. The van der Waals surface area contributed by atoms with Crippen molar-refractivity contribution >= 4 is 29.2 Å². The van der Waals surface area contributed by atoms with Crippen molar-refractivity contribution in [2.75, 3.05) is 6.54 Å². The van der Waals surface area contributed by atoms with Gasteiger partial charge in [-0.15, -0.1) is 0 Å². The number of amides is 1. The number of hydrogen-bond acceptors (Lipinski definition) is 2. The predicted molar refractivity (Wildman–Crippen MR) is 97.1 cm³/mol. The molecule has 2 aromatic heterocycles. The van der Waals surface area contributed by atoms with Crippen LogP contribution in [-0.4, -0.2) is 21.8 Å². The second-order valence-electron chi connectivity index (χ2n) is 5.58. The van der Waals surface area contributed by atoms with Crippen LogP contribution in [-0.2, 0) is 11.2 Å². The number of hydrogen-bond donors (Lipinski definition) is 1. The first-order chi connectivity index (χ1) is 11.6. The van der Waals surface area contributed by atoms with Crippen molar-refractivity contribution in [1.29, 1.82) is 0 Å². The van der Waals surface area contributed by atoms with E-state index in [1.54, 1.807) is 6.08 Å². The van der Waals surface area contributed by atoms with Crippen molar-refractivity contribution in [3.63, 3.8) is 0 Å². The van der Waals surface area contributed by atoms with Gasteiger partial charge in [-0.05, 0) is 37.1 Å². The van der Waals surface area contributed by atoms with Gasteiger partial charge in [0.05, 0.1) is 5.69 Å². The Morgan fingerprint density at radius 2 is 2.04 bits per heavy atom. The van der Waals surface area contributed by atoms with Gasteiger partial charge >= 0.3 is 0 Å². The first kappa shape index (κ1) is 16.3. The van der Waals surface area contributed by atoms with E-state index in [4.69, 9.17) is 11.6 Å². The van der Waals surface area contributed by atoms with E-state index in [1.165, 1.54) is 17.2 Å². The first-order valence-electron chi connectivity index (χ1n) is 7.77. The molecule has 1 aromatic carbocycles. The fourth-order valence-electron chi connectivity index (χ4n) is 2.43. The molecule has 0 unspecified atom stereocenters. The minimum absolute atomic E-state index is 0.149. The van der Waals surface area contributed by atoms with Crippen LogP contribution in [0.5, 0.6) is 0 Å². The Morgan fingerprint density at radius 1 is 1.25 bits per heavy atom. The van der Waals surface area contributed by atoms with Gasteiger partial charge in [-0.25, -0.2) is 4.98 Å². The number of carbonyl (C=O) groups is 1. The summed E-state index contributed by atoms with van der Waals surface area (Å²) >= 11 is 6.13. The molecular formula is C19H18ClN3O. The van der Waals surface area contributed by atoms with E-state index in [9.17, 15) is 4.79 Å². The quantitative estimate of drug-likeness (QED) is 0.721. The molecule has 0 bridgehead atoms. The number of nitrogens with zero attached hydrogens (tertiary/aromatic N) is 2. The fraction of sp³-hybridized carbons (Fsp3) is 0.158. The average molecular weight is 340 g/mol. The SMILES string of the molecule is Cc1ccc(CCNC(=O)C=Cc2c(Cl)nc3ccccn23)cc1. The molecule has 5 heteroatoms. The highest BCUT2D eigenvalue weighted by molar-refractivity contribution is 6.31. The van der Waals surface area contributed by atoms with Crippen LogP contribution >= 0.6 is 11.6 Å². The lowest BCUT2D eigenvalue weighted by molar-refractivity contribution is -0.116. The molecule has 3 rings (SSSR count). The van der Waals surface area contributed by atoms with Crippen LogP contribution in [0.15, 0.2) is 54.7 Å². The lowest BCUT2D eigenvalue weighted by atomic mass is 10.1. The minimum atomic E-state index is -0.149. The van der Waals surface area contributed by atoms with Crippen LogP contribution in [0, 0.1) is 6.92 Å². The van der Waals surface area contributed by atoms with Gasteiger partial charge in [0, 0.05) is 18.8 Å². The van der Waals surface area contributed by atoms with Crippen molar-refractivity contribution in [2.24, 2.45) is 0 Å². The Bertz CT molecular complexity index is 881. The number of benzene rings is 1. The van der Waals surface area contributed by atoms with Crippen LogP contribution in [0.3, 0.4) is 0 Å². The van der Waals surface area contributed by atoms with Gasteiger partial charge in [0.15, 0.2) is 5.15 Å². The number of halogens is 1. The maximum Gasteiger partial charge on any atom is 0.244 e. The Labute approximate surface area is 145 Å². The molecule has 24 heavy (non-hydrogen) atoms. The Kier molecular flexibility index (Phi) is 4.96. The molecule has 0 atom stereocenters. The molecule has 0 radical (unpaired) electrons. The van der Waals surface area contributed by atoms with E-state index in [0.29, 0.717) is 17.4 Å². The number of fused-ring (bicyclic) bond motifs is 1. The van der Waals surface area contributed by atoms with E-state index in [-0.39, 0.29) is 5.91 Å². The Hall–Kier alpha value is -2.59. The van der Waals surface area contributed by atoms with Crippen LogP contribution in [0.1, 0.15) is 16.8 Å². The lowest BCUT2D eigenvalue weighted by Gasteiger charge is -2.03. The van der Waals surface area contributed by atoms with Crippen molar-refractivity contribution in [1.82, 2.24) is 14.7 Å². The summed E-state index contributed by atoms with van der Waals surface area (Å²) in [6.07, 6.45) is 5.83. The molecular weight excluding hydrogens is 322 g/mol. The summed E-state index contributed by atoms with van der Waals surface area (Å²) in [5.41, 5.74) is 3.88. The first-order valence-corrected chi connectivity index (χ1v) is 8.15. The topological polar surface area (TPSA) is 46.4 Å². The van der Waals surface area contributed by atoms with Gasteiger partial charge in [0.1, 0.15) is 5.65 Å². The Balaban J connectivity index is 1.58. The predicted octanol–water partition coefficient (Wildman–Crippen LogP) is 3.67. The molecule has 4 nitrogen and oxygen atoms in total. The summed E-state index contributed by atoms with van der Waals surface area (Å²) in [6, 6.07) is 14.0. The maximum absolute atomic E-state index is 12.0. The van der Waals surface area contributed by atoms with Gasteiger partial charge in [-0.2, -0.15) is 0 Å². The van der Waals surface area contributed by atoms with E-state index >= 15 is 0 Å². The van der Waals surface area contributed by atoms with E-state index in [1.807, 2.05) is 28.8 Å². The second kappa shape index (κ2) is 7.32. The summed E-state index contributed by atoms with van der Waals surface area (Å²) in [5.74, 6) is -0.149. The molecule has 0 spiro atoms. The molecule has 3 aromatic rings. The van der Waals surface area contributed by atoms with Crippen molar-refractivity contribution in [3.8, 4) is 0 Å². The standard InChI is InChI=1S/C19H18ClN3O/c1-14-5-7-15(8-6-14)11-12-21-18(24)10-9-16-19(20)22-17-4-2-3-13-23(16)17/h2-10,13H,11-12H2,1H3,(H,21,24). The number of rotatable bonds is 5. The zero-order valence-electron chi connectivity index (χ0n) is 13.4. The number of imidazole rings is 1. The molecule has 0 aliphatic carbocycles. The zero-order chi connectivity index (χ0) is 16.9. The molecule has 0 aliphatic rings. The highest BCUT2D eigenvalue weighted by atomic mass is 35.5. The summed E-state index contributed by atoms with van der Waals surface area (Å²) < 4.78 is 1.85. The summed E-state index contributed by atoms with van der Waals surface area (Å²) in [4.78, 5) is 16.2. The molecule has 0 saturated carbocycles. The summed E-state index contributed by atoms with van der Waals surface area (Å²) in [6.45, 7) is 2.65. The van der Waals surface area contributed by atoms with Gasteiger partial charge < -0.3 is 5.32 Å². The second-order valence-corrected chi connectivity index (χ2v) is 5.93. The molecule has 122 valence electrons. The third kappa shape index (κ3) is 3.84. The smallest absolute Gasteiger partial charge is 0.244 e. The maximum atomic E-state index is 12.0. The van der Waals surface area contributed by atoms with Crippen molar-refractivity contribution in [2.45, 2.75) is 13.3 Å². The third-order valence-electron chi connectivity index (χ3n) is 3.75. The van der Waals surface area contributed by atoms with Crippen molar-refractivity contribution in [3.05, 3.63) is 76.7 Å². The zero-order valence-corrected chi connectivity index (χ0v) is 14.1. The molecule has 1 amide bonds. The van der Waals surface area contributed by atoms with Gasteiger partial charge in [-0.3, -0.25) is 9.20 Å². The highest BCUT2D eigenvalue weighted by Crippen LogP contribution is 2.18. The van der Waals surface area contributed by atoms with Crippen LogP contribution < -0.4 is 5.32 Å². The molecule has 1 N–H and O–H groups in total. The fourth-order valence-corrected chi connectivity index (χ4v) is 2.67. The number of pyridine rings is 1. The summed E-state index contributed by atoms with van der Waals surface area (Å²) in [7, 11) is 0. The number of aryl methyl sites for hydroxylation is 1. The normalized spacial score (nSPS) is 11.2. The van der Waals surface area contributed by atoms with Crippen LogP contribution in [0.4, 0.5) is 0 Å². The average Bonchev–Trinajstić information content (AvgIpc) is 2.90. The van der Waals surface area contributed by atoms with E-state index in [2.05, 4.69) is 41.5 Å². The minimum Gasteiger partial charge on any atom is -0.352 e. The van der Waals surface area contributed by atoms with E-state index < -0.39 is 0 Å². The number of aromatic nitrogens is 2. The van der Waals surface area contributed by atoms with Gasteiger partial charge in [0.25, 0.3) is 0 Å². The van der Waals surface area contributed by atoms with Gasteiger partial charge in [-0.1, -0.05) is 47.5 Å². The monoisotopic (exact) mass is 339 g/mol. The molecule has 0 fully saturated rings. The van der Waals surface area contributed by atoms with Crippen molar-refractivity contribution < 1.29 is 4.79 Å². The third-order valence-corrected chi connectivity index (χ3v) is 4.03. The summed E-state index contributed by atoms with van der Waals surface area (Å²) in [5, 5.41) is 3.26. The molecule has 0 aliphatic heterocycles. The van der Waals surface area contributed by atoms with Crippen LogP contribution in [0.25, 0.3) is 11.7 Å².